The van der Waals surface area contributed by atoms with Gasteiger partial charge in [-0.05, 0) is 30.0 Å². The van der Waals surface area contributed by atoms with Crippen LogP contribution in [-0.4, -0.2) is 6.04 Å². The normalized spacial score (nSPS) is 18.3. The highest BCUT2D eigenvalue weighted by atomic mass is 14.9. The first-order chi connectivity index (χ1) is 8.92. The van der Waals surface area contributed by atoms with Crippen LogP contribution in [0.2, 0.25) is 0 Å². The molecule has 3 rings (SSSR count). The maximum absolute atomic E-state index is 3.58. The molecule has 0 aliphatic carbocycles. The monoisotopic (exact) mass is 235 g/mol. The maximum atomic E-state index is 3.58. The van der Waals surface area contributed by atoms with Gasteiger partial charge in [-0.25, -0.2) is 0 Å². The van der Waals surface area contributed by atoms with E-state index in [0.29, 0.717) is 6.04 Å². The molecule has 0 fully saturated rings. The number of aryl methyl sites for hydroxylation is 1. The maximum Gasteiger partial charge on any atom is 0.0450 e. The summed E-state index contributed by atoms with van der Waals surface area (Å²) in [6.07, 6.45) is 6.80. The van der Waals surface area contributed by atoms with Gasteiger partial charge in [-0.1, -0.05) is 60.7 Å². The van der Waals surface area contributed by atoms with E-state index in [9.17, 15) is 0 Å². The number of hydrogen-bond acceptors (Lipinski definition) is 1. The SMILES string of the molecule is C(=C\[C@H]1CCc2ccccc2N1)/c1ccccc1. The first-order valence-corrected chi connectivity index (χ1v) is 6.49. The molecule has 0 amide bonds. The van der Waals surface area contributed by atoms with Gasteiger partial charge in [-0.2, -0.15) is 0 Å². The molecular formula is C17H17N. The Kier molecular flexibility index (Phi) is 3.14. The van der Waals surface area contributed by atoms with Crippen molar-refractivity contribution in [3.63, 3.8) is 0 Å². The smallest absolute Gasteiger partial charge is 0.0450 e. The predicted molar refractivity (Wildman–Crippen MR) is 77.6 cm³/mol. The van der Waals surface area contributed by atoms with Crippen molar-refractivity contribution in [1.29, 1.82) is 0 Å². The molecule has 1 atom stereocenters. The van der Waals surface area contributed by atoms with Gasteiger partial charge in [0, 0.05) is 11.7 Å². The van der Waals surface area contributed by atoms with Gasteiger partial charge in [0.25, 0.3) is 0 Å². The molecule has 1 heteroatoms. The molecule has 1 nitrogen and oxygen atoms in total. The summed E-state index contributed by atoms with van der Waals surface area (Å²) >= 11 is 0. The topological polar surface area (TPSA) is 12.0 Å². The number of nitrogens with one attached hydrogen (secondary N) is 1. The number of rotatable bonds is 2. The van der Waals surface area contributed by atoms with Crippen molar-refractivity contribution in [1.82, 2.24) is 0 Å². The Morgan fingerprint density at radius 2 is 1.72 bits per heavy atom. The highest BCUT2D eigenvalue weighted by Crippen LogP contribution is 2.24. The lowest BCUT2D eigenvalue weighted by molar-refractivity contribution is 0.733. The summed E-state index contributed by atoms with van der Waals surface area (Å²) in [7, 11) is 0. The first kappa shape index (κ1) is 11.1. The van der Waals surface area contributed by atoms with Crippen LogP contribution in [0.25, 0.3) is 6.08 Å². The van der Waals surface area contributed by atoms with Crippen molar-refractivity contribution in [2.45, 2.75) is 18.9 Å². The Hall–Kier alpha value is -2.02. The Bertz CT molecular complexity index is 543. The zero-order chi connectivity index (χ0) is 12.2. The van der Waals surface area contributed by atoms with Gasteiger partial charge >= 0.3 is 0 Å². The van der Waals surface area contributed by atoms with Crippen molar-refractivity contribution in [2.75, 3.05) is 5.32 Å². The third-order valence-electron chi connectivity index (χ3n) is 3.40. The van der Waals surface area contributed by atoms with E-state index in [1.165, 1.54) is 23.2 Å². The van der Waals surface area contributed by atoms with Crippen molar-refractivity contribution in [3.05, 3.63) is 71.8 Å². The molecular weight excluding hydrogens is 218 g/mol. The third kappa shape index (κ3) is 2.45. The lowest BCUT2D eigenvalue weighted by Crippen LogP contribution is -2.22. The van der Waals surface area contributed by atoms with Crippen molar-refractivity contribution in [3.8, 4) is 0 Å². The average Bonchev–Trinajstić information content (AvgIpc) is 2.46. The van der Waals surface area contributed by atoms with Crippen LogP contribution in [0.15, 0.2) is 60.7 Å². The molecule has 90 valence electrons. The van der Waals surface area contributed by atoms with Gasteiger partial charge in [0.1, 0.15) is 0 Å². The Morgan fingerprint density at radius 1 is 0.944 bits per heavy atom. The Labute approximate surface area is 108 Å². The van der Waals surface area contributed by atoms with Gasteiger partial charge < -0.3 is 5.32 Å². The second kappa shape index (κ2) is 5.09. The Morgan fingerprint density at radius 3 is 2.61 bits per heavy atom. The zero-order valence-corrected chi connectivity index (χ0v) is 10.3. The summed E-state index contributed by atoms with van der Waals surface area (Å²) in [4.78, 5) is 0. The van der Waals surface area contributed by atoms with Crippen LogP contribution in [0.4, 0.5) is 5.69 Å². The van der Waals surface area contributed by atoms with Crippen molar-refractivity contribution >= 4 is 11.8 Å². The van der Waals surface area contributed by atoms with E-state index >= 15 is 0 Å². The molecule has 1 heterocycles. The summed E-state index contributed by atoms with van der Waals surface area (Å²) in [6, 6.07) is 19.5. The fourth-order valence-corrected chi connectivity index (χ4v) is 2.40. The average molecular weight is 235 g/mol. The molecule has 0 saturated carbocycles. The van der Waals surface area contributed by atoms with Crippen LogP contribution < -0.4 is 5.32 Å². The largest absolute Gasteiger partial charge is 0.379 e. The number of hydrogen-bond donors (Lipinski definition) is 1. The number of benzene rings is 2. The van der Waals surface area contributed by atoms with E-state index in [-0.39, 0.29) is 0 Å². The minimum absolute atomic E-state index is 0.445. The van der Waals surface area contributed by atoms with Gasteiger partial charge in [0.15, 0.2) is 0 Å². The minimum Gasteiger partial charge on any atom is -0.379 e. The molecule has 0 bridgehead atoms. The van der Waals surface area contributed by atoms with E-state index in [4.69, 9.17) is 0 Å². The third-order valence-corrected chi connectivity index (χ3v) is 3.40. The molecule has 1 N–H and O–H groups in total. The van der Waals surface area contributed by atoms with E-state index in [1.54, 1.807) is 0 Å². The number of para-hydroxylation sites is 1. The van der Waals surface area contributed by atoms with E-state index in [0.717, 1.165) is 6.42 Å². The lowest BCUT2D eigenvalue weighted by Gasteiger charge is -2.24. The van der Waals surface area contributed by atoms with Gasteiger partial charge in [-0.15, -0.1) is 0 Å². The molecule has 0 aromatic heterocycles. The molecule has 0 radical (unpaired) electrons. The summed E-state index contributed by atoms with van der Waals surface area (Å²) in [5.74, 6) is 0. The van der Waals surface area contributed by atoms with Gasteiger partial charge in [0.05, 0.1) is 0 Å². The van der Waals surface area contributed by atoms with Crippen molar-refractivity contribution < 1.29 is 0 Å². The lowest BCUT2D eigenvalue weighted by atomic mass is 9.97. The van der Waals surface area contributed by atoms with Crippen LogP contribution >= 0.6 is 0 Å². The molecule has 2 aromatic carbocycles. The number of fused-ring (bicyclic) bond motifs is 1. The minimum atomic E-state index is 0.445. The van der Waals surface area contributed by atoms with Crippen molar-refractivity contribution in [2.24, 2.45) is 0 Å². The fourth-order valence-electron chi connectivity index (χ4n) is 2.40. The van der Waals surface area contributed by atoms with E-state index in [1.807, 2.05) is 6.07 Å². The molecule has 0 unspecified atom stereocenters. The van der Waals surface area contributed by atoms with Crippen LogP contribution in [0.1, 0.15) is 17.5 Å². The quantitative estimate of drug-likeness (QED) is 0.825. The zero-order valence-electron chi connectivity index (χ0n) is 10.3. The predicted octanol–water partition coefficient (Wildman–Crippen LogP) is 4.13. The fraction of sp³-hybridized carbons (Fsp3) is 0.176. The van der Waals surface area contributed by atoms with E-state index < -0.39 is 0 Å². The standard InChI is InChI=1S/C17H17N/c1-2-6-14(7-3-1)10-12-16-13-11-15-8-4-5-9-17(15)18-16/h1-10,12,16,18H,11,13H2/b12-10+/t16-/m0/s1. The summed E-state index contributed by atoms with van der Waals surface area (Å²) in [5.41, 5.74) is 3.98. The highest BCUT2D eigenvalue weighted by molar-refractivity contribution is 5.57. The highest BCUT2D eigenvalue weighted by Gasteiger charge is 2.14. The molecule has 0 spiro atoms. The van der Waals surface area contributed by atoms with Crippen LogP contribution in [-0.2, 0) is 6.42 Å². The molecule has 1 aliphatic rings. The summed E-state index contributed by atoms with van der Waals surface area (Å²) < 4.78 is 0. The van der Waals surface area contributed by atoms with E-state index in [2.05, 4.69) is 66.0 Å². The van der Waals surface area contributed by atoms with Crippen LogP contribution in [0.5, 0.6) is 0 Å². The van der Waals surface area contributed by atoms with Gasteiger partial charge in [0.2, 0.25) is 0 Å². The second-order valence-electron chi connectivity index (χ2n) is 4.72. The molecule has 2 aromatic rings. The molecule has 1 aliphatic heterocycles. The molecule has 0 saturated heterocycles. The Balaban J connectivity index is 1.72. The summed E-state index contributed by atoms with van der Waals surface area (Å²) in [6.45, 7) is 0. The van der Waals surface area contributed by atoms with Gasteiger partial charge in [-0.3, -0.25) is 0 Å². The van der Waals surface area contributed by atoms with Crippen LogP contribution in [0, 0.1) is 0 Å². The van der Waals surface area contributed by atoms with Crippen LogP contribution in [0.3, 0.4) is 0 Å². The summed E-state index contributed by atoms with van der Waals surface area (Å²) in [5, 5.41) is 3.58. The molecule has 18 heavy (non-hydrogen) atoms. The second-order valence-corrected chi connectivity index (χ2v) is 4.72. The first-order valence-electron chi connectivity index (χ1n) is 6.49. The number of anilines is 1.